The Morgan fingerprint density at radius 3 is 2.55 bits per heavy atom. The molecule has 1 N–H and O–H groups in total. The van der Waals surface area contributed by atoms with Crippen molar-refractivity contribution < 1.29 is 14.4 Å². The molecule has 0 radical (unpaired) electrons. The Bertz CT molecular complexity index is 802. The molecule has 0 saturated heterocycles. The van der Waals surface area contributed by atoms with Crippen molar-refractivity contribution in [2.24, 2.45) is 0 Å². The van der Waals surface area contributed by atoms with Crippen LogP contribution in [0.1, 0.15) is 31.1 Å². The van der Waals surface area contributed by atoms with Gasteiger partial charge in [-0.2, -0.15) is 0 Å². The second-order valence-electron chi connectivity index (χ2n) is 4.75. The molecule has 0 atom stereocenters. The number of rotatable bonds is 2. The zero-order valence-corrected chi connectivity index (χ0v) is 12.2. The van der Waals surface area contributed by atoms with Crippen LogP contribution in [0.5, 0.6) is 0 Å². The molecule has 0 saturated carbocycles. The fraction of sp³-hybridized carbons (Fsp3) is 0.0667. The highest BCUT2D eigenvalue weighted by atomic mass is 35.5. The first kappa shape index (κ1) is 14.2. The summed E-state index contributed by atoms with van der Waals surface area (Å²) in [4.78, 5) is 40.7. The number of halogens is 1. The van der Waals surface area contributed by atoms with Gasteiger partial charge in [0.15, 0.2) is 0 Å². The standard InChI is InChI=1S/C15H10ClN3O3/c1-19-14(21)10-4-3-9(6-11(10)15(19)22)18-13(20)8-2-5-12(16)17-7-8/h2-7H,1H3,(H,18,20). The average molecular weight is 316 g/mol. The van der Waals surface area contributed by atoms with E-state index in [4.69, 9.17) is 11.6 Å². The molecule has 1 aliphatic heterocycles. The van der Waals surface area contributed by atoms with Crippen LogP contribution in [-0.2, 0) is 0 Å². The smallest absolute Gasteiger partial charge is 0.261 e. The Kier molecular flexibility index (Phi) is 3.38. The third-order valence-electron chi connectivity index (χ3n) is 3.34. The molecule has 0 bridgehead atoms. The lowest BCUT2D eigenvalue weighted by Gasteiger charge is -2.06. The summed E-state index contributed by atoms with van der Waals surface area (Å²) in [5.41, 5.74) is 1.37. The number of benzene rings is 1. The minimum absolute atomic E-state index is 0.277. The van der Waals surface area contributed by atoms with Gasteiger partial charge in [0.25, 0.3) is 17.7 Å². The lowest BCUT2D eigenvalue weighted by Crippen LogP contribution is -2.24. The zero-order chi connectivity index (χ0) is 15.9. The van der Waals surface area contributed by atoms with Gasteiger partial charge >= 0.3 is 0 Å². The normalized spacial score (nSPS) is 13.3. The summed E-state index contributed by atoms with van der Waals surface area (Å²) < 4.78 is 0. The van der Waals surface area contributed by atoms with Crippen LogP contribution in [0.15, 0.2) is 36.5 Å². The summed E-state index contributed by atoms with van der Waals surface area (Å²) in [6.45, 7) is 0. The van der Waals surface area contributed by atoms with Crippen LogP contribution in [0.3, 0.4) is 0 Å². The van der Waals surface area contributed by atoms with E-state index in [2.05, 4.69) is 10.3 Å². The number of hydrogen-bond acceptors (Lipinski definition) is 4. The molecule has 3 amide bonds. The average Bonchev–Trinajstić information content (AvgIpc) is 2.72. The molecule has 0 unspecified atom stereocenters. The number of nitrogens with zero attached hydrogens (tertiary/aromatic N) is 2. The van der Waals surface area contributed by atoms with E-state index in [1.54, 1.807) is 12.1 Å². The Labute approximate surface area is 130 Å². The Balaban J connectivity index is 1.86. The largest absolute Gasteiger partial charge is 0.322 e. The second kappa shape index (κ2) is 5.23. The summed E-state index contributed by atoms with van der Waals surface area (Å²) in [6.07, 6.45) is 1.35. The van der Waals surface area contributed by atoms with Crippen molar-refractivity contribution in [1.29, 1.82) is 0 Å². The number of nitrogens with one attached hydrogen (secondary N) is 1. The third-order valence-corrected chi connectivity index (χ3v) is 3.56. The molecule has 22 heavy (non-hydrogen) atoms. The lowest BCUT2D eigenvalue weighted by molar-refractivity contribution is 0.0692. The number of aromatic nitrogens is 1. The fourth-order valence-electron chi connectivity index (χ4n) is 2.15. The van der Waals surface area contributed by atoms with Crippen molar-refractivity contribution >= 4 is 35.0 Å². The van der Waals surface area contributed by atoms with Crippen molar-refractivity contribution in [3.05, 3.63) is 58.4 Å². The maximum absolute atomic E-state index is 12.1. The SMILES string of the molecule is CN1C(=O)c2ccc(NC(=O)c3ccc(Cl)nc3)cc2C1=O. The van der Waals surface area contributed by atoms with Crippen molar-refractivity contribution in [2.75, 3.05) is 12.4 Å². The van der Waals surface area contributed by atoms with E-state index in [1.807, 2.05) is 0 Å². The van der Waals surface area contributed by atoms with E-state index in [1.165, 1.54) is 31.4 Å². The van der Waals surface area contributed by atoms with Gasteiger partial charge in [0, 0.05) is 18.9 Å². The zero-order valence-electron chi connectivity index (χ0n) is 11.5. The van der Waals surface area contributed by atoms with E-state index in [9.17, 15) is 14.4 Å². The first-order valence-corrected chi connectivity index (χ1v) is 6.74. The number of carbonyl (C=O) groups excluding carboxylic acids is 3. The van der Waals surface area contributed by atoms with Crippen LogP contribution in [0.25, 0.3) is 0 Å². The molecule has 0 fully saturated rings. The van der Waals surface area contributed by atoms with E-state index in [-0.39, 0.29) is 23.3 Å². The number of anilines is 1. The highest BCUT2D eigenvalue weighted by Crippen LogP contribution is 2.25. The fourth-order valence-corrected chi connectivity index (χ4v) is 2.26. The van der Waals surface area contributed by atoms with Gasteiger partial charge in [0.1, 0.15) is 5.15 Å². The summed E-state index contributed by atoms with van der Waals surface area (Å²) >= 11 is 5.67. The van der Waals surface area contributed by atoms with E-state index < -0.39 is 0 Å². The van der Waals surface area contributed by atoms with Gasteiger partial charge in [-0.15, -0.1) is 0 Å². The maximum Gasteiger partial charge on any atom is 0.261 e. The van der Waals surface area contributed by atoms with Gasteiger partial charge in [0.05, 0.1) is 16.7 Å². The van der Waals surface area contributed by atoms with Gasteiger partial charge in [0.2, 0.25) is 0 Å². The molecule has 0 spiro atoms. The van der Waals surface area contributed by atoms with Gasteiger partial charge < -0.3 is 5.32 Å². The van der Waals surface area contributed by atoms with Crippen molar-refractivity contribution in [3.63, 3.8) is 0 Å². The lowest BCUT2D eigenvalue weighted by atomic mass is 10.1. The van der Waals surface area contributed by atoms with Crippen molar-refractivity contribution in [3.8, 4) is 0 Å². The molecule has 1 aromatic heterocycles. The van der Waals surface area contributed by atoms with Crippen LogP contribution < -0.4 is 5.32 Å². The molecule has 2 heterocycles. The molecule has 6 nitrogen and oxygen atoms in total. The first-order chi connectivity index (χ1) is 10.5. The Hall–Kier alpha value is -2.73. The highest BCUT2D eigenvalue weighted by Gasteiger charge is 2.32. The van der Waals surface area contributed by atoms with Gasteiger partial charge in [-0.05, 0) is 30.3 Å². The minimum atomic E-state index is -0.385. The third kappa shape index (κ3) is 2.33. The van der Waals surface area contributed by atoms with Crippen LogP contribution in [-0.4, -0.2) is 34.7 Å². The summed E-state index contributed by atoms with van der Waals surface area (Å²) in [5, 5.41) is 2.95. The number of hydrogen-bond donors (Lipinski definition) is 1. The van der Waals surface area contributed by atoms with Crippen molar-refractivity contribution in [1.82, 2.24) is 9.88 Å². The van der Waals surface area contributed by atoms with Crippen LogP contribution in [0, 0.1) is 0 Å². The predicted molar refractivity (Wildman–Crippen MR) is 80.1 cm³/mol. The molecular formula is C15H10ClN3O3. The topological polar surface area (TPSA) is 79.4 Å². The maximum atomic E-state index is 12.1. The number of amides is 3. The molecule has 110 valence electrons. The second-order valence-corrected chi connectivity index (χ2v) is 5.14. The monoisotopic (exact) mass is 315 g/mol. The molecule has 7 heteroatoms. The summed E-state index contributed by atoms with van der Waals surface area (Å²) in [7, 11) is 1.42. The van der Waals surface area contributed by atoms with E-state index in [0.717, 1.165) is 4.90 Å². The Morgan fingerprint density at radius 1 is 1.14 bits per heavy atom. The number of carbonyl (C=O) groups is 3. The van der Waals surface area contributed by atoms with Gasteiger partial charge in [-0.25, -0.2) is 4.98 Å². The first-order valence-electron chi connectivity index (χ1n) is 6.36. The molecular weight excluding hydrogens is 306 g/mol. The quantitative estimate of drug-likeness (QED) is 0.680. The highest BCUT2D eigenvalue weighted by molar-refractivity contribution is 6.29. The molecule has 1 aliphatic rings. The number of fused-ring (bicyclic) bond motifs is 1. The van der Waals surface area contributed by atoms with Crippen LogP contribution >= 0.6 is 11.6 Å². The Morgan fingerprint density at radius 2 is 1.86 bits per heavy atom. The molecule has 3 rings (SSSR count). The number of imide groups is 1. The molecule has 1 aromatic carbocycles. The van der Waals surface area contributed by atoms with Crippen LogP contribution in [0.4, 0.5) is 5.69 Å². The van der Waals surface area contributed by atoms with E-state index in [0.29, 0.717) is 22.0 Å². The van der Waals surface area contributed by atoms with E-state index >= 15 is 0 Å². The summed E-state index contributed by atoms with van der Waals surface area (Å²) in [5.74, 6) is -1.11. The molecule has 2 aromatic rings. The van der Waals surface area contributed by atoms with Gasteiger partial charge in [-0.3, -0.25) is 19.3 Å². The predicted octanol–water partition coefficient (Wildman–Crippen LogP) is 2.21. The summed E-state index contributed by atoms with van der Waals surface area (Å²) in [6, 6.07) is 7.64. The minimum Gasteiger partial charge on any atom is -0.322 e. The van der Waals surface area contributed by atoms with Crippen molar-refractivity contribution in [2.45, 2.75) is 0 Å². The number of pyridine rings is 1. The van der Waals surface area contributed by atoms with Gasteiger partial charge in [-0.1, -0.05) is 11.6 Å². The van der Waals surface area contributed by atoms with Crippen LogP contribution in [0.2, 0.25) is 5.15 Å². The molecule has 0 aliphatic carbocycles.